The molecule has 1 aromatic heterocycles. The predicted octanol–water partition coefficient (Wildman–Crippen LogP) is 0.378. The molecule has 8 heteroatoms. The lowest BCUT2D eigenvalue weighted by atomic mass is 10.2. The zero-order valence-electron chi connectivity index (χ0n) is 7.54. The molecule has 0 radical (unpaired) electrons. The second-order valence-corrected chi connectivity index (χ2v) is 2.67. The van der Waals surface area contributed by atoms with E-state index in [1.165, 1.54) is 13.2 Å². The van der Waals surface area contributed by atoms with Crippen molar-refractivity contribution >= 4 is 16.7 Å². The van der Waals surface area contributed by atoms with E-state index in [0.29, 0.717) is 0 Å². The predicted molar refractivity (Wildman–Crippen MR) is 46.2 cm³/mol. The number of rotatable bonds is 2. The molecule has 0 fully saturated rings. The first-order valence-electron chi connectivity index (χ1n) is 3.86. The van der Waals surface area contributed by atoms with Gasteiger partial charge < -0.3 is 9.94 Å². The average molecular weight is 211 g/mol. The van der Waals surface area contributed by atoms with Gasteiger partial charge in [0.1, 0.15) is 0 Å². The summed E-state index contributed by atoms with van der Waals surface area (Å²) >= 11 is 0. The average Bonchev–Trinajstić information content (AvgIpc) is 2.60. The Labute approximate surface area is 82.3 Å². The zero-order valence-corrected chi connectivity index (χ0v) is 7.54. The summed E-state index contributed by atoms with van der Waals surface area (Å²) in [4.78, 5) is 9.90. The van der Waals surface area contributed by atoms with Crippen LogP contribution in [0.25, 0.3) is 11.0 Å². The van der Waals surface area contributed by atoms with Crippen molar-refractivity contribution in [3.8, 4) is 5.75 Å². The number of nitro groups is 1. The Kier molecular flexibility index (Phi) is 1.89. The van der Waals surface area contributed by atoms with E-state index in [9.17, 15) is 15.3 Å². The fourth-order valence-electron chi connectivity index (χ4n) is 1.25. The smallest absolute Gasteiger partial charge is 0.324 e. The molecule has 2 aromatic rings. The third kappa shape index (κ3) is 1.23. The van der Waals surface area contributed by atoms with Crippen LogP contribution in [0.1, 0.15) is 0 Å². The maximum atomic E-state index is 11.1. The van der Waals surface area contributed by atoms with E-state index in [0.717, 1.165) is 6.07 Å². The minimum absolute atomic E-state index is 0.0179. The third-order valence-electron chi connectivity index (χ3n) is 1.90. The molecule has 1 heterocycles. The van der Waals surface area contributed by atoms with Crippen LogP contribution in [0.2, 0.25) is 0 Å². The van der Waals surface area contributed by atoms with E-state index in [2.05, 4.69) is 9.79 Å². The fourth-order valence-corrected chi connectivity index (χ4v) is 1.25. The molecule has 0 spiro atoms. The highest BCUT2D eigenvalue weighted by atomic mass is 16.8. The molecule has 0 aliphatic rings. The first-order valence-corrected chi connectivity index (χ1v) is 3.86. The van der Waals surface area contributed by atoms with Gasteiger partial charge in [0, 0.05) is 6.07 Å². The Morgan fingerprint density at radius 2 is 2.33 bits per heavy atom. The number of hydrogen-bond acceptors (Lipinski definition) is 6. The SMILES string of the molecule is COc1ccc([N+](=O)[O-])c2c1no[n+]2[O-]. The molecule has 8 nitrogen and oxygen atoms in total. The first-order chi connectivity index (χ1) is 7.15. The Bertz CT molecular complexity index is 535. The Morgan fingerprint density at radius 1 is 1.60 bits per heavy atom. The number of nitrogens with zero attached hydrogens (tertiary/aromatic N) is 3. The molecular weight excluding hydrogens is 206 g/mol. The molecule has 78 valence electrons. The van der Waals surface area contributed by atoms with Gasteiger partial charge in [0.25, 0.3) is 5.52 Å². The lowest BCUT2D eigenvalue weighted by Gasteiger charge is -1.96. The summed E-state index contributed by atoms with van der Waals surface area (Å²) in [5.74, 6) is 0.244. The van der Waals surface area contributed by atoms with E-state index >= 15 is 0 Å². The molecule has 0 aliphatic heterocycles. The van der Waals surface area contributed by atoms with Gasteiger partial charge in [-0.15, -0.1) is 0 Å². The minimum Gasteiger partial charge on any atom is -0.492 e. The van der Waals surface area contributed by atoms with Crippen LogP contribution < -0.4 is 9.64 Å². The second-order valence-electron chi connectivity index (χ2n) is 2.67. The quantitative estimate of drug-likeness (QED) is 0.403. The topological polar surface area (TPSA) is 105 Å². The number of nitro benzene ring substituents is 1. The van der Waals surface area contributed by atoms with Crippen LogP contribution in [0, 0.1) is 15.3 Å². The van der Waals surface area contributed by atoms with Crippen molar-refractivity contribution in [1.82, 2.24) is 5.16 Å². The lowest BCUT2D eigenvalue weighted by Crippen LogP contribution is -2.23. The molecule has 1 aromatic carbocycles. The maximum absolute atomic E-state index is 11.1. The van der Waals surface area contributed by atoms with Crippen molar-refractivity contribution in [3.05, 3.63) is 27.5 Å². The van der Waals surface area contributed by atoms with E-state index in [1.54, 1.807) is 0 Å². The van der Waals surface area contributed by atoms with Gasteiger partial charge in [-0.1, -0.05) is 0 Å². The van der Waals surface area contributed by atoms with Gasteiger partial charge in [0.2, 0.25) is 0 Å². The number of ether oxygens (including phenoxy) is 1. The summed E-state index contributed by atoms with van der Waals surface area (Å²) in [6.07, 6.45) is 0. The molecule has 15 heavy (non-hydrogen) atoms. The number of fused-ring (bicyclic) bond motifs is 1. The van der Waals surface area contributed by atoms with Crippen LogP contribution in [-0.4, -0.2) is 17.2 Å². The van der Waals surface area contributed by atoms with Gasteiger partial charge in [0.05, 0.1) is 17.2 Å². The van der Waals surface area contributed by atoms with Crippen LogP contribution in [-0.2, 0) is 0 Å². The maximum Gasteiger partial charge on any atom is 0.324 e. The number of aromatic nitrogens is 2. The number of hydrogen-bond donors (Lipinski definition) is 0. The Morgan fingerprint density at radius 3 is 2.93 bits per heavy atom. The van der Waals surface area contributed by atoms with Gasteiger partial charge in [-0.05, 0) is 11.0 Å². The van der Waals surface area contributed by atoms with Gasteiger partial charge in [-0.2, -0.15) is 0 Å². The summed E-state index contributed by atoms with van der Waals surface area (Å²) in [5.41, 5.74) is -0.594. The second kappa shape index (κ2) is 3.08. The largest absolute Gasteiger partial charge is 0.492 e. The van der Waals surface area contributed by atoms with Crippen LogP contribution in [0.5, 0.6) is 5.75 Å². The van der Waals surface area contributed by atoms with Crippen molar-refractivity contribution < 1.29 is 19.2 Å². The van der Waals surface area contributed by atoms with E-state index in [-0.39, 0.29) is 27.4 Å². The number of benzene rings is 1. The van der Waals surface area contributed by atoms with Crippen LogP contribution >= 0.6 is 0 Å². The Hall–Kier alpha value is -2.38. The summed E-state index contributed by atoms with van der Waals surface area (Å²) in [6.45, 7) is 0. The molecule has 0 aliphatic carbocycles. The van der Waals surface area contributed by atoms with Gasteiger partial charge in [-0.3, -0.25) is 14.7 Å². The van der Waals surface area contributed by atoms with Crippen LogP contribution in [0.4, 0.5) is 5.69 Å². The first kappa shape index (κ1) is 9.19. The zero-order chi connectivity index (χ0) is 11.0. The highest BCUT2D eigenvalue weighted by Crippen LogP contribution is 2.28. The van der Waals surface area contributed by atoms with E-state index in [1.807, 2.05) is 0 Å². The van der Waals surface area contributed by atoms with Crippen LogP contribution in [0.3, 0.4) is 0 Å². The number of methoxy groups -OCH3 is 1. The van der Waals surface area contributed by atoms with Gasteiger partial charge in [-0.25, -0.2) is 0 Å². The third-order valence-corrected chi connectivity index (χ3v) is 1.90. The van der Waals surface area contributed by atoms with Gasteiger partial charge in [0.15, 0.2) is 5.75 Å². The van der Waals surface area contributed by atoms with Crippen molar-refractivity contribution in [2.75, 3.05) is 7.11 Å². The molecule has 0 atom stereocenters. The van der Waals surface area contributed by atoms with Crippen molar-refractivity contribution in [3.63, 3.8) is 0 Å². The summed E-state index contributed by atoms with van der Waals surface area (Å²) in [6, 6.07) is 2.51. The normalized spacial score (nSPS) is 10.5. The van der Waals surface area contributed by atoms with Crippen molar-refractivity contribution in [2.24, 2.45) is 0 Å². The van der Waals surface area contributed by atoms with Crippen molar-refractivity contribution in [1.29, 1.82) is 0 Å². The van der Waals surface area contributed by atoms with Crippen molar-refractivity contribution in [2.45, 2.75) is 0 Å². The van der Waals surface area contributed by atoms with E-state index < -0.39 is 4.92 Å². The fraction of sp³-hybridized carbons (Fsp3) is 0.143. The molecule has 0 saturated heterocycles. The highest BCUT2D eigenvalue weighted by molar-refractivity contribution is 5.85. The standard InChI is InChI=1S/C7H5N3O5/c1-14-5-3-2-4(9(11)12)7-6(5)8-15-10(7)13/h2-3H,1H3. The summed E-state index contributed by atoms with van der Waals surface area (Å²) in [5, 5.41) is 25.1. The lowest BCUT2D eigenvalue weighted by molar-refractivity contribution is -0.783. The van der Waals surface area contributed by atoms with Gasteiger partial charge >= 0.3 is 11.2 Å². The van der Waals surface area contributed by atoms with E-state index in [4.69, 9.17) is 4.74 Å². The minimum atomic E-state index is -0.687. The molecule has 2 rings (SSSR count). The summed E-state index contributed by atoms with van der Waals surface area (Å²) in [7, 11) is 1.37. The summed E-state index contributed by atoms with van der Waals surface area (Å²) < 4.78 is 9.15. The molecule has 0 bridgehead atoms. The molecule has 0 amide bonds. The molecular formula is C7H5N3O5. The van der Waals surface area contributed by atoms with Crippen LogP contribution in [0.15, 0.2) is 16.8 Å². The number of non-ortho nitro benzene ring substituents is 1. The molecule has 0 N–H and O–H groups in total. The molecule has 0 saturated carbocycles. The molecule has 0 unspecified atom stereocenters. The Balaban J connectivity index is 2.86. The monoisotopic (exact) mass is 211 g/mol. The highest BCUT2D eigenvalue weighted by Gasteiger charge is 2.26.